The van der Waals surface area contributed by atoms with E-state index in [1.165, 1.54) is 35.2 Å². The minimum Gasteiger partial charge on any atom is -0.308 e. The number of nitrogens with zero attached hydrogens (tertiary/aromatic N) is 1. The molecule has 1 amide bonds. The van der Waals surface area contributed by atoms with Crippen LogP contribution in [-0.4, -0.2) is 41.6 Å². The van der Waals surface area contributed by atoms with E-state index in [1.54, 1.807) is 42.5 Å². The van der Waals surface area contributed by atoms with Crippen LogP contribution in [0, 0.1) is 5.82 Å². The number of nitrogens with one attached hydrogen (secondary N) is 1. The Balaban J connectivity index is 1.51. The van der Waals surface area contributed by atoms with Crippen molar-refractivity contribution in [3.8, 4) is 11.1 Å². The smallest absolute Gasteiger partial charge is 0.245 e. The lowest BCUT2D eigenvalue weighted by Gasteiger charge is -2.19. The van der Waals surface area contributed by atoms with Gasteiger partial charge in [0.2, 0.25) is 15.9 Å². The Hall–Kier alpha value is -3.05. The van der Waals surface area contributed by atoms with E-state index in [0.717, 1.165) is 11.7 Å². The van der Waals surface area contributed by atoms with Crippen molar-refractivity contribution in [1.82, 2.24) is 4.72 Å². The van der Waals surface area contributed by atoms with Gasteiger partial charge in [-0.1, -0.05) is 48.0 Å². The predicted octanol–water partition coefficient (Wildman–Crippen LogP) is 4.25. The van der Waals surface area contributed by atoms with Crippen molar-refractivity contribution in [1.29, 1.82) is 0 Å². The Labute approximate surface area is 214 Å². The number of hydrogen-bond donors (Lipinski definition) is 1. The summed E-state index contributed by atoms with van der Waals surface area (Å²) in [5, 5.41) is 1.48. The molecule has 1 unspecified atom stereocenters. The molecular weight excluding hydrogens is 527 g/mol. The summed E-state index contributed by atoms with van der Waals surface area (Å²) in [6, 6.07) is 15.8. The molecule has 0 radical (unpaired) electrons. The third-order valence-corrected chi connectivity index (χ3v) is 8.17. The first kappa shape index (κ1) is 26.0. The molecule has 1 saturated heterocycles. The van der Waals surface area contributed by atoms with Gasteiger partial charge in [0.05, 0.1) is 10.6 Å². The molecule has 36 heavy (non-hydrogen) atoms. The van der Waals surface area contributed by atoms with Crippen LogP contribution in [0.1, 0.15) is 12.0 Å². The largest absolute Gasteiger partial charge is 0.308 e. The second-order valence-corrected chi connectivity index (χ2v) is 12.3. The van der Waals surface area contributed by atoms with E-state index in [1.807, 2.05) is 0 Å². The Morgan fingerprint density at radius 2 is 1.72 bits per heavy atom. The number of amides is 1. The maximum absolute atomic E-state index is 15.1. The van der Waals surface area contributed by atoms with Gasteiger partial charge in [-0.05, 0) is 54.0 Å². The summed E-state index contributed by atoms with van der Waals surface area (Å²) >= 11 is 5.82. The van der Waals surface area contributed by atoms with Crippen molar-refractivity contribution in [2.75, 3.05) is 17.7 Å². The normalized spacial score (nSPS) is 16.7. The number of carbonyl (C=O) groups is 1. The fourth-order valence-electron chi connectivity index (χ4n) is 3.93. The van der Waals surface area contributed by atoms with E-state index < -0.39 is 37.6 Å². The van der Waals surface area contributed by atoms with Crippen LogP contribution in [0.4, 0.5) is 10.1 Å². The molecule has 1 atom stereocenters. The quantitative estimate of drug-likeness (QED) is 0.476. The molecule has 1 aliphatic heterocycles. The number of anilines is 1. The van der Waals surface area contributed by atoms with Gasteiger partial charge in [0.1, 0.15) is 11.9 Å². The first-order valence-electron chi connectivity index (χ1n) is 10.8. The van der Waals surface area contributed by atoms with Gasteiger partial charge in [-0.2, -0.15) is 4.72 Å². The van der Waals surface area contributed by atoms with Crippen LogP contribution in [0.3, 0.4) is 0 Å². The maximum atomic E-state index is 15.1. The first-order chi connectivity index (χ1) is 16.9. The molecular formula is C25H22ClFN2O5S2. The number of rotatable bonds is 7. The topological polar surface area (TPSA) is 101 Å². The molecule has 3 aromatic rings. The van der Waals surface area contributed by atoms with Crippen LogP contribution in [-0.2, 0) is 24.7 Å². The molecule has 0 saturated carbocycles. The second kappa shape index (κ2) is 10.1. The van der Waals surface area contributed by atoms with Gasteiger partial charge in [0, 0.05) is 28.8 Å². The van der Waals surface area contributed by atoms with Gasteiger partial charge in [0.25, 0.3) is 0 Å². The molecule has 7 nitrogen and oxygen atoms in total. The van der Waals surface area contributed by atoms with Crippen molar-refractivity contribution in [2.45, 2.75) is 17.4 Å². The molecule has 1 fully saturated rings. The van der Waals surface area contributed by atoms with Crippen molar-refractivity contribution in [3.05, 3.63) is 88.5 Å². The van der Waals surface area contributed by atoms with Gasteiger partial charge in [0.15, 0.2) is 9.84 Å². The van der Waals surface area contributed by atoms with Gasteiger partial charge in [-0.3, -0.25) is 4.79 Å². The number of sulfonamides is 1. The average Bonchev–Trinajstić information content (AvgIpc) is 3.17. The van der Waals surface area contributed by atoms with E-state index in [-0.39, 0.29) is 23.5 Å². The Morgan fingerprint density at radius 1 is 1.03 bits per heavy atom. The summed E-state index contributed by atoms with van der Waals surface area (Å²) in [5.41, 5.74) is 1.28. The highest BCUT2D eigenvalue weighted by molar-refractivity contribution is 7.92. The van der Waals surface area contributed by atoms with Crippen LogP contribution in [0.15, 0.2) is 77.0 Å². The third kappa shape index (κ3) is 5.84. The average molecular weight is 549 g/mol. The zero-order chi connectivity index (χ0) is 26.1. The third-order valence-electron chi connectivity index (χ3n) is 5.66. The van der Waals surface area contributed by atoms with Crippen molar-refractivity contribution in [2.24, 2.45) is 0 Å². The molecule has 3 aromatic carbocycles. The summed E-state index contributed by atoms with van der Waals surface area (Å²) in [7, 11) is -7.49. The highest BCUT2D eigenvalue weighted by Gasteiger charge is 2.36. The molecule has 11 heteroatoms. The van der Waals surface area contributed by atoms with Crippen LogP contribution >= 0.6 is 11.6 Å². The minimum atomic E-state index is -3.95. The molecule has 188 valence electrons. The fraction of sp³-hybridized carbons (Fsp3) is 0.160. The van der Waals surface area contributed by atoms with Crippen LogP contribution in [0.25, 0.3) is 17.2 Å². The second-order valence-electron chi connectivity index (χ2n) is 8.28. The van der Waals surface area contributed by atoms with E-state index >= 15 is 4.39 Å². The van der Waals surface area contributed by atoms with E-state index in [4.69, 9.17) is 11.6 Å². The van der Waals surface area contributed by atoms with E-state index in [0.29, 0.717) is 21.7 Å². The molecule has 0 spiro atoms. The lowest BCUT2D eigenvalue weighted by molar-refractivity contribution is -0.118. The molecule has 4 rings (SSSR count). The Bertz CT molecular complexity index is 1560. The standard InChI is InChI=1S/C25H22ClFN2O5S2/c1-35(31,32)24-5-3-2-4-20(24)18-8-11-23(21(27)16-18)29-14-12-22(25(29)30)28-36(33,34)15-13-17-6-9-19(26)10-7-17/h2-11,13,15-16,22,28H,12,14H2,1H3/b15-13+. The summed E-state index contributed by atoms with van der Waals surface area (Å²) in [6.07, 6.45) is 2.61. The Morgan fingerprint density at radius 3 is 2.39 bits per heavy atom. The fourth-order valence-corrected chi connectivity index (χ4v) is 6.00. The summed E-state index contributed by atoms with van der Waals surface area (Å²) < 4.78 is 66.6. The minimum absolute atomic E-state index is 0.0148. The summed E-state index contributed by atoms with van der Waals surface area (Å²) in [6.45, 7) is 0.114. The molecule has 1 aliphatic rings. The number of carbonyl (C=O) groups excluding carboxylic acids is 1. The van der Waals surface area contributed by atoms with Crippen LogP contribution in [0.2, 0.25) is 5.02 Å². The zero-order valence-electron chi connectivity index (χ0n) is 19.1. The lowest BCUT2D eigenvalue weighted by atomic mass is 10.0. The van der Waals surface area contributed by atoms with E-state index in [9.17, 15) is 21.6 Å². The monoisotopic (exact) mass is 548 g/mol. The molecule has 1 heterocycles. The summed E-state index contributed by atoms with van der Waals surface area (Å²) in [5.74, 6) is -1.31. The molecule has 0 aromatic heterocycles. The van der Waals surface area contributed by atoms with Gasteiger partial charge in [-0.25, -0.2) is 21.2 Å². The molecule has 0 aliphatic carbocycles. The van der Waals surface area contributed by atoms with Crippen molar-refractivity contribution in [3.63, 3.8) is 0 Å². The van der Waals surface area contributed by atoms with Gasteiger partial charge in [-0.15, -0.1) is 0 Å². The zero-order valence-corrected chi connectivity index (χ0v) is 21.4. The van der Waals surface area contributed by atoms with Crippen LogP contribution in [0.5, 0.6) is 0 Å². The number of hydrogen-bond acceptors (Lipinski definition) is 5. The van der Waals surface area contributed by atoms with Crippen molar-refractivity contribution >= 4 is 49.1 Å². The predicted molar refractivity (Wildman–Crippen MR) is 138 cm³/mol. The Kier molecular flexibility index (Phi) is 7.33. The summed E-state index contributed by atoms with van der Waals surface area (Å²) in [4.78, 5) is 14.1. The number of benzene rings is 3. The van der Waals surface area contributed by atoms with Crippen LogP contribution < -0.4 is 9.62 Å². The number of halogens is 2. The van der Waals surface area contributed by atoms with E-state index in [2.05, 4.69) is 4.72 Å². The van der Waals surface area contributed by atoms with Crippen molar-refractivity contribution < 1.29 is 26.0 Å². The van der Waals surface area contributed by atoms with Gasteiger partial charge < -0.3 is 4.90 Å². The lowest BCUT2D eigenvalue weighted by Crippen LogP contribution is -2.40. The maximum Gasteiger partial charge on any atom is 0.245 e. The SMILES string of the molecule is CS(=O)(=O)c1ccccc1-c1ccc(N2CCC(NS(=O)(=O)/C=C/c3ccc(Cl)cc3)C2=O)c(F)c1. The number of sulfone groups is 1. The van der Waals surface area contributed by atoms with Gasteiger partial charge >= 0.3 is 0 Å². The molecule has 0 bridgehead atoms. The first-order valence-corrected chi connectivity index (χ1v) is 14.6. The molecule has 1 N–H and O–H groups in total. The highest BCUT2D eigenvalue weighted by Crippen LogP contribution is 2.32. The highest BCUT2D eigenvalue weighted by atomic mass is 35.5.